The minimum atomic E-state index is -3.57. The molecule has 1 atom stereocenters. The van der Waals surface area contributed by atoms with Crippen LogP contribution < -0.4 is 15.8 Å². The monoisotopic (exact) mass is 275 g/mol. The van der Waals surface area contributed by atoms with Crippen molar-refractivity contribution in [1.82, 2.24) is 4.72 Å². The number of hydrogen-bond acceptors (Lipinski definition) is 6. The Hall–Kier alpha value is -1.35. The molecule has 0 fully saturated rings. The fraction of sp³-hybridized carbons (Fsp3) is 0.400. The zero-order valence-electron chi connectivity index (χ0n) is 9.92. The maximum atomic E-state index is 11.6. The van der Waals surface area contributed by atoms with Gasteiger partial charge in [-0.15, -0.1) is 0 Å². The lowest BCUT2D eigenvalue weighted by Crippen LogP contribution is -2.23. The first kappa shape index (κ1) is 14.7. The summed E-state index contributed by atoms with van der Waals surface area (Å²) in [5.41, 5.74) is 6.32. The van der Waals surface area contributed by atoms with Crippen molar-refractivity contribution in [2.75, 3.05) is 31.2 Å². The maximum Gasteiger partial charge on any atom is 0.242 e. The molecular weight excluding hydrogens is 258 g/mol. The van der Waals surface area contributed by atoms with E-state index < -0.39 is 16.1 Å². The largest absolute Gasteiger partial charge is 0.398 e. The van der Waals surface area contributed by atoms with Crippen LogP contribution in [0.4, 0.5) is 11.4 Å². The summed E-state index contributed by atoms with van der Waals surface area (Å²) in [4.78, 5) is -0.00161. The van der Waals surface area contributed by atoms with Gasteiger partial charge in [-0.05, 0) is 25.2 Å². The zero-order chi connectivity index (χ0) is 13.8. The summed E-state index contributed by atoms with van der Waals surface area (Å²) >= 11 is 0. The van der Waals surface area contributed by atoms with Crippen LogP contribution in [0, 0.1) is 0 Å². The molecular formula is C10H17N3O4S. The van der Waals surface area contributed by atoms with E-state index in [0.717, 1.165) is 0 Å². The van der Waals surface area contributed by atoms with Crippen molar-refractivity contribution in [2.45, 2.75) is 11.0 Å². The molecule has 0 aliphatic heterocycles. The third-order valence-electron chi connectivity index (χ3n) is 2.32. The predicted molar refractivity (Wildman–Crippen MR) is 68.7 cm³/mol. The molecule has 0 aromatic heterocycles. The lowest BCUT2D eigenvalue weighted by atomic mass is 10.2. The van der Waals surface area contributed by atoms with E-state index in [1.54, 1.807) is 0 Å². The molecule has 1 unspecified atom stereocenters. The number of rotatable bonds is 6. The minimum absolute atomic E-state index is 0.00161. The molecule has 1 aromatic rings. The lowest BCUT2D eigenvalue weighted by Gasteiger charge is -2.12. The van der Waals surface area contributed by atoms with Gasteiger partial charge in [-0.1, -0.05) is 0 Å². The van der Waals surface area contributed by atoms with Gasteiger partial charge in [0.15, 0.2) is 0 Å². The Morgan fingerprint density at radius 1 is 1.44 bits per heavy atom. The van der Waals surface area contributed by atoms with Crippen molar-refractivity contribution in [3.63, 3.8) is 0 Å². The Morgan fingerprint density at radius 2 is 2.11 bits per heavy atom. The van der Waals surface area contributed by atoms with E-state index in [1.807, 2.05) is 0 Å². The van der Waals surface area contributed by atoms with Crippen LogP contribution in [0.15, 0.2) is 23.1 Å². The van der Waals surface area contributed by atoms with Crippen LogP contribution in [-0.4, -0.2) is 44.9 Å². The van der Waals surface area contributed by atoms with Gasteiger partial charge in [0.1, 0.15) is 4.90 Å². The first-order valence-corrected chi connectivity index (χ1v) is 6.75. The maximum absolute atomic E-state index is 11.6. The summed E-state index contributed by atoms with van der Waals surface area (Å²) in [5, 5.41) is 20.6. The Labute approximate surface area is 106 Å². The normalized spacial score (nSPS) is 13.3. The summed E-state index contributed by atoms with van der Waals surface area (Å²) in [6.07, 6.45) is -0.882. The molecule has 18 heavy (non-hydrogen) atoms. The van der Waals surface area contributed by atoms with E-state index in [1.165, 1.54) is 25.2 Å². The van der Waals surface area contributed by atoms with E-state index >= 15 is 0 Å². The molecule has 0 spiro atoms. The average molecular weight is 275 g/mol. The Kier molecular flexibility index (Phi) is 4.91. The first-order chi connectivity index (χ1) is 8.40. The van der Waals surface area contributed by atoms with Crippen LogP contribution in [0.2, 0.25) is 0 Å². The van der Waals surface area contributed by atoms with Crippen molar-refractivity contribution in [3.05, 3.63) is 18.2 Å². The van der Waals surface area contributed by atoms with Crippen LogP contribution in [0.25, 0.3) is 0 Å². The quantitative estimate of drug-likeness (QED) is 0.422. The molecule has 0 saturated heterocycles. The molecule has 0 amide bonds. The summed E-state index contributed by atoms with van der Waals surface area (Å²) in [6, 6.07) is 4.35. The van der Waals surface area contributed by atoms with Gasteiger partial charge in [0.25, 0.3) is 0 Å². The van der Waals surface area contributed by atoms with Gasteiger partial charge in [-0.25, -0.2) is 13.1 Å². The molecule has 6 N–H and O–H groups in total. The summed E-state index contributed by atoms with van der Waals surface area (Å²) in [7, 11) is -2.27. The van der Waals surface area contributed by atoms with Crippen LogP contribution in [0.5, 0.6) is 0 Å². The van der Waals surface area contributed by atoms with E-state index in [-0.39, 0.29) is 23.7 Å². The topological polar surface area (TPSA) is 125 Å². The lowest BCUT2D eigenvalue weighted by molar-refractivity contribution is 0.105. The smallest absolute Gasteiger partial charge is 0.242 e. The van der Waals surface area contributed by atoms with Crippen molar-refractivity contribution >= 4 is 21.4 Å². The van der Waals surface area contributed by atoms with Crippen LogP contribution in [0.3, 0.4) is 0 Å². The number of aliphatic hydroxyl groups is 2. The van der Waals surface area contributed by atoms with Gasteiger partial charge >= 0.3 is 0 Å². The average Bonchev–Trinajstić information content (AvgIpc) is 2.35. The van der Waals surface area contributed by atoms with Gasteiger partial charge in [0.05, 0.1) is 18.4 Å². The Balaban J connectivity index is 2.87. The van der Waals surface area contributed by atoms with Crippen LogP contribution >= 0.6 is 0 Å². The van der Waals surface area contributed by atoms with Gasteiger partial charge < -0.3 is 21.3 Å². The molecule has 1 rings (SSSR count). The number of anilines is 2. The fourth-order valence-electron chi connectivity index (χ4n) is 1.31. The Morgan fingerprint density at radius 3 is 2.61 bits per heavy atom. The van der Waals surface area contributed by atoms with Crippen molar-refractivity contribution < 1.29 is 18.6 Å². The van der Waals surface area contributed by atoms with Gasteiger partial charge in [0.2, 0.25) is 10.0 Å². The molecule has 102 valence electrons. The van der Waals surface area contributed by atoms with Gasteiger partial charge in [0, 0.05) is 12.2 Å². The predicted octanol–water partition coefficient (Wildman–Crippen LogP) is -1.06. The van der Waals surface area contributed by atoms with E-state index in [2.05, 4.69) is 10.0 Å². The highest BCUT2D eigenvalue weighted by Gasteiger charge is 2.15. The van der Waals surface area contributed by atoms with Gasteiger partial charge in [-0.2, -0.15) is 0 Å². The van der Waals surface area contributed by atoms with Crippen molar-refractivity contribution in [2.24, 2.45) is 0 Å². The number of aliphatic hydroxyl groups excluding tert-OH is 2. The highest BCUT2D eigenvalue weighted by Crippen LogP contribution is 2.22. The molecule has 8 heteroatoms. The van der Waals surface area contributed by atoms with E-state index in [9.17, 15) is 8.42 Å². The standard InChI is InChI=1S/C10H17N3O4S/c1-12-18(16,17)10-3-2-7(4-9(10)11)13-5-8(15)6-14/h2-4,8,12-15H,5-6,11H2,1H3. The molecule has 1 aromatic carbocycles. The number of nitrogens with two attached hydrogens (primary N) is 1. The number of hydrogen-bond donors (Lipinski definition) is 5. The third kappa shape index (κ3) is 3.57. The molecule has 0 saturated carbocycles. The highest BCUT2D eigenvalue weighted by molar-refractivity contribution is 7.89. The number of sulfonamides is 1. The fourth-order valence-corrected chi connectivity index (χ4v) is 2.15. The second-order valence-corrected chi connectivity index (χ2v) is 5.53. The van der Waals surface area contributed by atoms with E-state index in [0.29, 0.717) is 5.69 Å². The molecule has 0 aliphatic rings. The third-order valence-corrected chi connectivity index (χ3v) is 3.81. The molecule has 7 nitrogen and oxygen atoms in total. The van der Waals surface area contributed by atoms with Crippen molar-refractivity contribution in [1.29, 1.82) is 0 Å². The molecule has 0 aliphatic carbocycles. The SMILES string of the molecule is CNS(=O)(=O)c1ccc(NCC(O)CO)cc1N. The second-order valence-electron chi connectivity index (χ2n) is 3.68. The summed E-state index contributed by atoms with van der Waals surface area (Å²) in [6.45, 7) is -0.206. The van der Waals surface area contributed by atoms with Crippen molar-refractivity contribution in [3.8, 4) is 0 Å². The molecule has 0 radical (unpaired) electrons. The Bertz CT molecular complexity index is 504. The summed E-state index contributed by atoms with van der Waals surface area (Å²) in [5.74, 6) is 0. The van der Waals surface area contributed by atoms with Crippen LogP contribution in [0.1, 0.15) is 0 Å². The number of nitrogens with one attached hydrogen (secondary N) is 2. The minimum Gasteiger partial charge on any atom is -0.398 e. The summed E-state index contributed by atoms with van der Waals surface area (Å²) < 4.78 is 25.3. The molecule has 0 bridgehead atoms. The van der Waals surface area contributed by atoms with E-state index in [4.69, 9.17) is 15.9 Å². The zero-order valence-corrected chi connectivity index (χ0v) is 10.7. The highest BCUT2D eigenvalue weighted by atomic mass is 32.2. The number of nitrogen functional groups attached to an aromatic ring is 1. The van der Waals surface area contributed by atoms with Gasteiger partial charge in [-0.3, -0.25) is 0 Å². The number of benzene rings is 1. The first-order valence-electron chi connectivity index (χ1n) is 5.26. The van der Waals surface area contributed by atoms with Crippen LogP contribution in [-0.2, 0) is 10.0 Å². The second kappa shape index (κ2) is 6.01. The molecule has 0 heterocycles.